The summed E-state index contributed by atoms with van der Waals surface area (Å²) in [6.45, 7) is 15.0. The molecule has 0 spiro atoms. The number of hydrogen-bond acceptors (Lipinski definition) is 3. The van der Waals surface area contributed by atoms with E-state index in [0.717, 1.165) is 32.0 Å². The average Bonchev–Trinajstić information content (AvgIpc) is 2.76. The van der Waals surface area contributed by atoms with Crippen LogP contribution in [0.15, 0.2) is 11.6 Å². The van der Waals surface area contributed by atoms with Crippen LogP contribution in [0.5, 0.6) is 0 Å². The van der Waals surface area contributed by atoms with E-state index in [-0.39, 0.29) is 23.4 Å². The molecule has 0 aromatic heterocycles. The van der Waals surface area contributed by atoms with E-state index in [1.54, 1.807) is 5.57 Å². The van der Waals surface area contributed by atoms with E-state index in [4.69, 9.17) is 4.74 Å². The van der Waals surface area contributed by atoms with Gasteiger partial charge in [-0.1, -0.05) is 52.7 Å². The molecular weight excluding hydrogens is 334 g/mol. The van der Waals surface area contributed by atoms with Crippen molar-refractivity contribution < 1.29 is 9.53 Å². The summed E-state index contributed by atoms with van der Waals surface area (Å²) in [7, 11) is 0. The topological polar surface area (TPSA) is 29.5 Å². The minimum atomic E-state index is 0.0328. The predicted octanol–water partition coefficient (Wildman–Crippen LogP) is 5.06. The van der Waals surface area contributed by atoms with Crippen molar-refractivity contribution in [3.63, 3.8) is 0 Å². The van der Waals surface area contributed by atoms with Crippen LogP contribution in [0.25, 0.3) is 0 Å². The van der Waals surface area contributed by atoms with Gasteiger partial charge in [-0.3, -0.25) is 4.79 Å². The molecule has 2 heterocycles. The Morgan fingerprint density at radius 3 is 2.74 bits per heavy atom. The zero-order valence-electron chi connectivity index (χ0n) is 18.1. The van der Waals surface area contributed by atoms with Crippen molar-refractivity contribution in [2.45, 2.75) is 79.2 Å². The third-order valence-corrected chi connectivity index (χ3v) is 8.03. The summed E-state index contributed by atoms with van der Waals surface area (Å²) in [5.74, 6) is 1.83. The Morgan fingerprint density at radius 1 is 1.19 bits per heavy atom. The highest BCUT2D eigenvalue weighted by Crippen LogP contribution is 2.54. The summed E-state index contributed by atoms with van der Waals surface area (Å²) in [4.78, 5) is 15.4. The first kappa shape index (κ1) is 19.5. The number of fused-ring (bicyclic) bond motifs is 2. The van der Waals surface area contributed by atoms with E-state index in [1.807, 2.05) is 0 Å². The molecule has 2 aliphatic heterocycles. The maximum Gasteiger partial charge on any atom is 0.311 e. The molecule has 0 radical (unpaired) electrons. The van der Waals surface area contributed by atoms with Gasteiger partial charge in [-0.2, -0.15) is 0 Å². The van der Waals surface area contributed by atoms with E-state index in [0.29, 0.717) is 17.3 Å². The Bertz CT molecular complexity index is 624. The van der Waals surface area contributed by atoms with Gasteiger partial charge in [-0.15, -0.1) is 0 Å². The van der Waals surface area contributed by atoms with Crippen LogP contribution in [-0.2, 0) is 9.53 Å². The van der Waals surface area contributed by atoms with Crippen molar-refractivity contribution >= 4 is 5.97 Å². The maximum atomic E-state index is 12.8. The van der Waals surface area contributed by atoms with E-state index in [1.165, 1.54) is 32.1 Å². The third kappa shape index (κ3) is 3.73. The first-order chi connectivity index (χ1) is 12.7. The molecule has 3 fully saturated rings. The summed E-state index contributed by atoms with van der Waals surface area (Å²) in [5, 5.41) is 0. The fraction of sp³-hybridized carbons (Fsp3) is 0.875. The summed E-state index contributed by atoms with van der Waals surface area (Å²) < 4.78 is 5.96. The third-order valence-electron chi connectivity index (χ3n) is 8.03. The monoisotopic (exact) mass is 373 g/mol. The Kier molecular flexibility index (Phi) is 4.98. The molecule has 2 aliphatic carbocycles. The SMILES string of the molecule is C[C@@H]1CCN(C[C@@H]2C(=O)O[C@H]3C[C@]4(C)CCC[C@@H](C)C4=C[C@@H]32)CC(C)(C)C1. The first-order valence-electron chi connectivity index (χ1n) is 11.3. The van der Waals surface area contributed by atoms with Crippen LogP contribution in [0.4, 0.5) is 0 Å². The van der Waals surface area contributed by atoms with E-state index in [9.17, 15) is 4.79 Å². The second-order valence-corrected chi connectivity index (χ2v) is 11.3. The quantitative estimate of drug-likeness (QED) is 0.500. The molecule has 4 aliphatic rings. The van der Waals surface area contributed by atoms with Crippen molar-refractivity contribution in [1.29, 1.82) is 0 Å². The normalized spacial score (nSPS) is 44.7. The molecule has 1 saturated carbocycles. The van der Waals surface area contributed by atoms with Crippen molar-refractivity contribution in [3.8, 4) is 0 Å². The van der Waals surface area contributed by atoms with Crippen LogP contribution in [-0.4, -0.2) is 36.6 Å². The second kappa shape index (κ2) is 6.90. The van der Waals surface area contributed by atoms with Gasteiger partial charge in [-0.25, -0.2) is 0 Å². The molecule has 0 unspecified atom stereocenters. The molecule has 27 heavy (non-hydrogen) atoms. The molecule has 3 heteroatoms. The van der Waals surface area contributed by atoms with Crippen LogP contribution in [0.3, 0.4) is 0 Å². The van der Waals surface area contributed by atoms with Gasteiger partial charge >= 0.3 is 5.97 Å². The Morgan fingerprint density at radius 2 is 1.96 bits per heavy atom. The van der Waals surface area contributed by atoms with Gasteiger partial charge in [0.05, 0.1) is 5.92 Å². The van der Waals surface area contributed by atoms with Crippen LogP contribution >= 0.6 is 0 Å². The lowest BCUT2D eigenvalue weighted by atomic mass is 9.59. The van der Waals surface area contributed by atoms with E-state index < -0.39 is 0 Å². The lowest BCUT2D eigenvalue weighted by Crippen LogP contribution is -2.42. The minimum absolute atomic E-state index is 0.0328. The van der Waals surface area contributed by atoms with Crippen LogP contribution in [0.2, 0.25) is 0 Å². The average molecular weight is 374 g/mol. The number of likely N-dealkylation sites (tertiary alicyclic amines) is 1. The highest BCUT2D eigenvalue weighted by Gasteiger charge is 2.52. The van der Waals surface area contributed by atoms with Crippen molar-refractivity contribution in [3.05, 3.63) is 11.6 Å². The summed E-state index contributed by atoms with van der Waals surface area (Å²) >= 11 is 0. The number of rotatable bonds is 2. The van der Waals surface area contributed by atoms with Gasteiger partial charge in [0.2, 0.25) is 0 Å². The summed E-state index contributed by atoms with van der Waals surface area (Å²) in [5.41, 5.74) is 2.22. The zero-order valence-corrected chi connectivity index (χ0v) is 18.1. The largest absolute Gasteiger partial charge is 0.461 e. The lowest BCUT2D eigenvalue weighted by molar-refractivity contribution is -0.145. The van der Waals surface area contributed by atoms with Crippen molar-refractivity contribution in [2.75, 3.05) is 19.6 Å². The number of hydrogen-bond donors (Lipinski definition) is 0. The molecule has 3 nitrogen and oxygen atoms in total. The van der Waals surface area contributed by atoms with Crippen LogP contribution in [0, 0.1) is 34.5 Å². The molecule has 0 N–H and O–H groups in total. The van der Waals surface area contributed by atoms with Crippen molar-refractivity contribution in [1.82, 2.24) is 4.90 Å². The highest BCUT2D eigenvalue weighted by molar-refractivity contribution is 5.76. The molecular formula is C24H39NO2. The van der Waals surface area contributed by atoms with E-state index in [2.05, 4.69) is 45.6 Å². The van der Waals surface area contributed by atoms with Crippen molar-refractivity contribution in [2.24, 2.45) is 34.5 Å². The molecule has 2 saturated heterocycles. The standard InChI is InChI=1S/C24H39NO2/c1-16-8-10-25(15-23(3,4)12-16)14-19-18-11-20-17(2)7-6-9-24(20,5)13-21(18)27-22(19)26/h11,16-19,21H,6-10,12-15H2,1-5H3/t16-,17-,18-,19+,21+,24+/m1/s1. The smallest absolute Gasteiger partial charge is 0.311 e. The molecule has 0 aromatic carbocycles. The second-order valence-electron chi connectivity index (χ2n) is 11.3. The van der Waals surface area contributed by atoms with Crippen LogP contribution < -0.4 is 0 Å². The Balaban J connectivity index is 1.54. The van der Waals surface area contributed by atoms with Gasteiger partial charge in [0.15, 0.2) is 0 Å². The fourth-order valence-electron chi connectivity index (χ4n) is 6.89. The number of esters is 1. The van der Waals surface area contributed by atoms with Gasteiger partial charge in [0, 0.05) is 19.0 Å². The number of ether oxygens (including phenoxy) is 1. The number of allylic oxidation sites excluding steroid dienone is 1. The summed E-state index contributed by atoms with van der Waals surface area (Å²) in [6.07, 6.45) is 10.0. The highest BCUT2D eigenvalue weighted by atomic mass is 16.6. The zero-order chi connectivity index (χ0) is 19.4. The molecule has 0 bridgehead atoms. The molecule has 6 atom stereocenters. The Hall–Kier alpha value is -0.830. The number of carbonyl (C=O) groups excluding carboxylic acids is 1. The molecule has 0 amide bonds. The molecule has 4 rings (SSSR count). The summed E-state index contributed by atoms with van der Waals surface area (Å²) in [6, 6.07) is 0. The fourth-order valence-corrected chi connectivity index (χ4v) is 6.89. The minimum Gasteiger partial charge on any atom is -0.461 e. The van der Waals surface area contributed by atoms with Gasteiger partial charge in [0.25, 0.3) is 0 Å². The van der Waals surface area contributed by atoms with Gasteiger partial charge in [-0.05, 0) is 61.3 Å². The number of nitrogens with zero attached hydrogens (tertiary/aromatic N) is 1. The van der Waals surface area contributed by atoms with Crippen LogP contribution in [0.1, 0.15) is 73.1 Å². The lowest BCUT2D eigenvalue weighted by Gasteiger charge is -2.46. The van der Waals surface area contributed by atoms with E-state index >= 15 is 0 Å². The first-order valence-corrected chi connectivity index (χ1v) is 11.3. The predicted molar refractivity (Wildman–Crippen MR) is 109 cm³/mol. The molecule has 0 aromatic rings. The number of carbonyl (C=O) groups is 1. The van der Waals surface area contributed by atoms with Gasteiger partial charge in [0.1, 0.15) is 6.10 Å². The maximum absolute atomic E-state index is 12.8. The Labute approximate surface area is 165 Å². The van der Waals surface area contributed by atoms with Gasteiger partial charge < -0.3 is 9.64 Å². The molecule has 152 valence electrons.